The third-order valence-electron chi connectivity index (χ3n) is 1.15. The van der Waals surface area contributed by atoms with Crippen LogP contribution in [0.1, 0.15) is 5.69 Å². The lowest BCUT2D eigenvalue weighted by Gasteiger charge is -1.98. The van der Waals surface area contributed by atoms with Crippen molar-refractivity contribution < 1.29 is 9.53 Å². The summed E-state index contributed by atoms with van der Waals surface area (Å²) in [6, 6.07) is 0. The van der Waals surface area contributed by atoms with E-state index in [2.05, 4.69) is 16.5 Å². The molecule has 0 aliphatic heterocycles. The summed E-state index contributed by atoms with van der Waals surface area (Å²) in [6.45, 7) is 3.40. The van der Waals surface area contributed by atoms with E-state index in [4.69, 9.17) is 4.74 Å². The molecule has 0 unspecified atom stereocenters. The second-order valence-electron chi connectivity index (χ2n) is 2.01. The van der Waals surface area contributed by atoms with Crippen molar-refractivity contribution in [1.29, 1.82) is 0 Å². The van der Waals surface area contributed by atoms with Crippen molar-refractivity contribution in [3.8, 4) is 0 Å². The fraction of sp³-hybridized carbons (Fsp3) is 0.125. The molecule has 1 aromatic rings. The minimum atomic E-state index is -0.458. The molecule has 4 nitrogen and oxygen atoms in total. The Bertz CT molecular complexity index is 272. The highest BCUT2D eigenvalue weighted by Gasteiger charge is 1.97. The summed E-state index contributed by atoms with van der Waals surface area (Å²) in [5.41, 5.74) is 0.618. The first kappa shape index (κ1) is 8.39. The normalized spacial score (nSPS) is 9.00. The number of rotatable bonds is 3. The Morgan fingerprint density at radius 2 is 2.50 bits per heavy atom. The number of esters is 1. The van der Waals surface area contributed by atoms with Crippen LogP contribution >= 0.6 is 0 Å². The molecule has 12 heavy (non-hydrogen) atoms. The van der Waals surface area contributed by atoms with Crippen molar-refractivity contribution >= 4 is 5.97 Å². The molecule has 0 aliphatic rings. The zero-order valence-corrected chi connectivity index (χ0v) is 6.43. The van der Waals surface area contributed by atoms with Crippen molar-refractivity contribution in [2.24, 2.45) is 0 Å². The van der Waals surface area contributed by atoms with Crippen molar-refractivity contribution in [2.45, 2.75) is 6.61 Å². The fourth-order valence-electron chi connectivity index (χ4n) is 0.608. The highest BCUT2D eigenvalue weighted by atomic mass is 16.5. The van der Waals surface area contributed by atoms with Crippen LogP contribution in [0.5, 0.6) is 0 Å². The maximum atomic E-state index is 10.6. The SMILES string of the molecule is C=CC(=O)OCc1cnccn1. The minimum Gasteiger partial charge on any atom is -0.456 e. The number of hydrogen-bond donors (Lipinski definition) is 0. The average Bonchev–Trinajstić information content (AvgIpc) is 2.16. The number of carbonyl (C=O) groups is 1. The zero-order chi connectivity index (χ0) is 8.81. The Labute approximate surface area is 69.9 Å². The monoisotopic (exact) mass is 164 g/mol. The molecule has 0 saturated heterocycles. The van der Waals surface area contributed by atoms with Crippen LogP contribution < -0.4 is 0 Å². The molecule has 0 radical (unpaired) electrons. The van der Waals surface area contributed by atoms with E-state index in [1.807, 2.05) is 0 Å². The van der Waals surface area contributed by atoms with E-state index in [-0.39, 0.29) is 6.61 Å². The quantitative estimate of drug-likeness (QED) is 0.487. The highest BCUT2D eigenvalue weighted by molar-refractivity contribution is 5.81. The Morgan fingerprint density at radius 1 is 1.67 bits per heavy atom. The summed E-state index contributed by atoms with van der Waals surface area (Å²) in [6.07, 6.45) is 5.74. The molecular weight excluding hydrogens is 156 g/mol. The van der Waals surface area contributed by atoms with Gasteiger partial charge in [-0.05, 0) is 0 Å². The van der Waals surface area contributed by atoms with Gasteiger partial charge in [0.1, 0.15) is 6.61 Å². The van der Waals surface area contributed by atoms with Crippen molar-refractivity contribution in [3.63, 3.8) is 0 Å². The molecule has 0 spiro atoms. The van der Waals surface area contributed by atoms with Gasteiger partial charge in [-0.15, -0.1) is 0 Å². The van der Waals surface area contributed by atoms with Gasteiger partial charge in [0.25, 0.3) is 0 Å². The van der Waals surface area contributed by atoms with Gasteiger partial charge in [-0.3, -0.25) is 9.97 Å². The lowest BCUT2D eigenvalue weighted by atomic mass is 10.5. The Morgan fingerprint density at radius 3 is 3.08 bits per heavy atom. The molecule has 0 amide bonds. The third kappa shape index (κ3) is 2.49. The molecular formula is C8H8N2O2. The smallest absolute Gasteiger partial charge is 0.330 e. The molecule has 0 atom stereocenters. The number of carbonyl (C=O) groups excluding carboxylic acids is 1. The Hall–Kier alpha value is -1.71. The van der Waals surface area contributed by atoms with E-state index in [1.54, 1.807) is 6.20 Å². The van der Waals surface area contributed by atoms with Gasteiger partial charge in [0.2, 0.25) is 0 Å². The standard InChI is InChI=1S/C8H8N2O2/c1-2-8(11)12-6-7-5-9-3-4-10-7/h2-5H,1,6H2. The van der Waals surface area contributed by atoms with Crippen LogP contribution in [-0.2, 0) is 16.1 Å². The largest absolute Gasteiger partial charge is 0.456 e. The summed E-state index contributed by atoms with van der Waals surface area (Å²) < 4.78 is 4.72. The topological polar surface area (TPSA) is 52.1 Å². The first-order valence-corrected chi connectivity index (χ1v) is 3.37. The van der Waals surface area contributed by atoms with E-state index in [1.165, 1.54) is 12.4 Å². The predicted molar refractivity (Wildman–Crippen MR) is 42.0 cm³/mol. The first-order valence-electron chi connectivity index (χ1n) is 3.37. The molecule has 1 heterocycles. The van der Waals surface area contributed by atoms with Crippen LogP contribution in [0.15, 0.2) is 31.2 Å². The maximum Gasteiger partial charge on any atom is 0.330 e. The molecule has 0 bridgehead atoms. The number of ether oxygens (including phenoxy) is 1. The molecule has 0 aliphatic carbocycles. The minimum absolute atomic E-state index is 0.138. The summed E-state index contributed by atoms with van der Waals surface area (Å²) >= 11 is 0. The van der Waals surface area contributed by atoms with Crippen molar-refractivity contribution in [3.05, 3.63) is 36.9 Å². The molecule has 4 heteroatoms. The summed E-state index contributed by atoms with van der Waals surface area (Å²) in [5, 5.41) is 0. The maximum absolute atomic E-state index is 10.6. The van der Waals surface area contributed by atoms with E-state index in [9.17, 15) is 4.79 Å². The molecule has 1 rings (SSSR count). The zero-order valence-electron chi connectivity index (χ0n) is 6.43. The van der Waals surface area contributed by atoms with Crippen LogP contribution in [0.3, 0.4) is 0 Å². The lowest BCUT2D eigenvalue weighted by molar-refractivity contribution is -0.139. The summed E-state index contributed by atoms with van der Waals surface area (Å²) in [4.78, 5) is 18.3. The molecule has 0 fully saturated rings. The van der Waals surface area contributed by atoms with Gasteiger partial charge < -0.3 is 4.74 Å². The van der Waals surface area contributed by atoms with E-state index < -0.39 is 5.97 Å². The molecule has 0 N–H and O–H groups in total. The van der Waals surface area contributed by atoms with Gasteiger partial charge in [0, 0.05) is 18.5 Å². The van der Waals surface area contributed by atoms with Gasteiger partial charge in [0.15, 0.2) is 0 Å². The lowest BCUT2D eigenvalue weighted by Crippen LogP contribution is -2.01. The predicted octanol–water partition coefficient (Wildman–Crippen LogP) is 0.706. The van der Waals surface area contributed by atoms with Crippen LogP contribution in [0.4, 0.5) is 0 Å². The van der Waals surface area contributed by atoms with Crippen LogP contribution in [0.2, 0.25) is 0 Å². The second kappa shape index (κ2) is 4.23. The van der Waals surface area contributed by atoms with Crippen LogP contribution in [-0.4, -0.2) is 15.9 Å². The van der Waals surface area contributed by atoms with Crippen molar-refractivity contribution in [2.75, 3.05) is 0 Å². The summed E-state index contributed by atoms with van der Waals surface area (Å²) in [5.74, 6) is -0.458. The van der Waals surface area contributed by atoms with Gasteiger partial charge in [-0.2, -0.15) is 0 Å². The van der Waals surface area contributed by atoms with Gasteiger partial charge in [-0.25, -0.2) is 4.79 Å². The number of hydrogen-bond acceptors (Lipinski definition) is 4. The first-order chi connectivity index (χ1) is 5.83. The Balaban J connectivity index is 2.43. The van der Waals surface area contributed by atoms with Crippen LogP contribution in [0, 0.1) is 0 Å². The number of aromatic nitrogens is 2. The molecule has 1 aromatic heterocycles. The molecule has 0 aromatic carbocycles. The van der Waals surface area contributed by atoms with Gasteiger partial charge >= 0.3 is 5.97 Å². The Kier molecular flexibility index (Phi) is 2.95. The van der Waals surface area contributed by atoms with Gasteiger partial charge in [-0.1, -0.05) is 6.58 Å². The number of nitrogens with zero attached hydrogens (tertiary/aromatic N) is 2. The van der Waals surface area contributed by atoms with E-state index in [0.717, 1.165) is 6.08 Å². The molecule has 62 valence electrons. The van der Waals surface area contributed by atoms with E-state index in [0.29, 0.717) is 5.69 Å². The second-order valence-corrected chi connectivity index (χ2v) is 2.01. The fourth-order valence-corrected chi connectivity index (χ4v) is 0.608. The third-order valence-corrected chi connectivity index (χ3v) is 1.15. The highest BCUT2D eigenvalue weighted by Crippen LogP contribution is 1.93. The van der Waals surface area contributed by atoms with E-state index >= 15 is 0 Å². The molecule has 0 saturated carbocycles. The van der Waals surface area contributed by atoms with Crippen molar-refractivity contribution in [1.82, 2.24) is 9.97 Å². The van der Waals surface area contributed by atoms with Gasteiger partial charge in [0.05, 0.1) is 11.9 Å². The van der Waals surface area contributed by atoms with Crippen LogP contribution in [0.25, 0.3) is 0 Å². The summed E-state index contributed by atoms with van der Waals surface area (Å²) in [7, 11) is 0. The average molecular weight is 164 g/mol.